The Morgan fingerprint density at radius 2 is 2.06 bits per heavy atom. The number of anilines is 1. The Morgan fingerprint density at radius 3 is 2.72 bits per heavy atom. The van der Waals surface area contributed by atoms with E-state index in [2.05, 4.69) is 10.3 Å². The van der Waals surface area contributed by atoms with Crippen molar-refractivity contribution in [1.82, 2.24) is 4.98 Å². The second-order valence-corrected chi connectivity index (χ2v) is 4.27. The highest BCUT2D eigenvalue weighted by Gasteiger charge is 2.08. The summed E-state index contributed by atoms with van der Waals surface area (Å²) in [6.45, 7) is 1.91. The first kappa shape index (κ1) is 12.4. The predicted molar refractivity (Wildman–Crippen MR) is 71.2 cm³/mol. The molecule has 2 aromatic rings. The van der Waals surface area contributed by atoms with Crippen molar-refractivity contribution in [1.29, 1.82) is 0 Å². The average Bonchev–Trinajstić information content (AvgIpc) is 2.32. The summed E-state index contributed by atoms with van der Waals surface area (Å²) in [6.07, 6.45) is 0. The van der Waals surface area contributed by atoms with Crippen molar-refractivity contribution in [2.45, 2.75) is 6.92 Å². The van der Waals surface area contributed by atoms with Crippen LogP contribution in [0.5, 0.6) is 0 Å². The van der Waals surface area contributed by atoms with Crippen molar-refractivity contribution in [2.24, 2.45) is 0 Å². The van der Waals surface area contributed by atoms with Crippen LogP contribution in [0.3, 0.4) is 0 Å². The third-order valence-corrected chi connectivity index (χ3v) is 2.70. The zero-order valence-corrected chi connectivity index (χ0v) is 10.4. The van der Waals surface area contributed by atoms with Gasteiger partial charge in [-0.3, -0.25) is 9.59 Å². The van der Waals surface area contributed by atoms with Crippen LogP contribution in [0.2, 0.25) is 5.02 Å². The second kappa shape index (κ2) is 5.06. The SMILES string of the molecule is Cc1ccc(NC(=O)c2cccc(=O)[nH]2)c(Cl)c1. The molecule has 1 heterocycles. The molecule has 0 aliphatic heterocycles. The van der Waals surface area contributed by atoms with Gasteiger partial charge in [0, 0.05) is 6.07 Å². The van der Waals surface area contributed by atoms with Crippen molar-refractivity contribution in [3.05, 3.63) is 63.0 Å². The molecule has 1 aromatic carbocycles. The maximum atomic E-state index is 11.9. The number of halogens is 1. The number of aryl methyl sites for hydroxylation is 1. The van der Waals surface area contributed by atoms with Crippen molar-refractivity contribution >= 4 is 23.2 Å². The molecular formula is C13H11ClN2O2. The van der Waals surface area contributed by atoms with Crippen LogP contribution in [0.15, 0.2) is 41.2 Å². The highest BCUT2D eigenvalue weighted by atomic mass is 35.5. The number of carbonyl (C=O) groups excluding carboxylic acids is 1. The predicted octanol–water partition coefficient (Wildman–Crippen LogP) is 2.59. The Hall–Kier alpha value is -2.07. The van der Waals surface area contributed by atoms with Crippen molar-refractivity contribution in [3.63, 3.8) is 0 Å². The molecule has 4 nitrogen and oxygen atoms in total. The molecule has 0 unspecified atom stereocenters. The van der Waals surface area contributed by atoms with Crippen molar-refractivity contribution < 1.29 is 4.79 Å². The number of nitrogens with one attached hydrogen (secondary N) is 2. The normalized spacial score (nSPS) is 10.1. The molecule has 18 heavy (non-hydrogen) atoms. The molecule has 2 N–H and O–H groups in total. The summed E-state index contributed by atoms with van der Waals surface area (Å²) in [6, 6.07) is 9.70. The Kier molecular flexibility index (Phi) is 3.48. The Bertz CT molecular complexity index is 649. The molecule has 0 fully saturated rings. The Labute approximate surface area is 109 Å². The second-order valence-electron chi connectivity index (χ2n) is 3.87. The Morgan fingerprint density at radius 1 is 1.28 bits per heavy atom. The molecule has 1 aromatic heterocycles. The van der Waals surface area contributed by atoms with Crippen LogP contribution >= 0.6 is 11.6 Å². The van der Waals surface area contributed by atoms with Gasteiger partial charge in [0.25, 0.3) is 5.91 Å². The summed E-state index contributed by atoms with van der Waals surface area (Å²) < 4.78 is 0. The van der Waals surface area contributed by atoms with Crippen molar-refractivity contribution in [2.75, 3.05) is 5.32 Å². The number of hydrogen-bond acceptors (Lipinski definition) is 2. The molecular weight excluding hydrogens is 252 g/mol. The van der Waals surface area contributed by atoms with Gasteiger partial charge in [0.2, 0.25) is 5.56 Å². The molecule has 0 bridgehead atoms. The van der Waals surface area contributed by atoms with E-state index in [9.17, 15) is 9.59 Å². The zero-order chi connectivity index (χ0) is 13.1. The first-order valence-corrected chi connectivity index (χ1v) is 5.71. The number of aromatic nitrogens is 1. The van der Waals surface area contributed by atoms with Crippen LogP contribution < -0.4 is 10.9 Å². The molecule has 0 atom stereocenters. The third-order valence-electron chi connectivity index (χ3n) is 2.39. The molecule has 92 valence electrons. The van der Waals surface area contributed by atoms with Gasteiger partial charge in [0.15, 0.2) is 0 Å². The minimum atomic E-state index is -0.404. The molecule has 1 amide bonds. The van der Waals surface area contributed by atoms with Gasteiger partial charge in [-0.05, 0) is 30.7 Å². The highest BCUT2D eigenvalue weighted by molar-refractivity contribution is 6.34. The number of aromatic amines is 1. The van der Waals surface area contributed by atoms with E-state index in [4.69, 9.17) is 11.6 Å². The summed E-state index contributed by atoms with van der Waals surface area (Å²) in [5, 5.41) is 3.10. The number of H-pyrrole nitrogens is 1. The summed E-state index contributed by atoms with van der Waals surface area (Å²) in [7, 11) is 0. The molecule has 0 radical (unpaired) electrons. The fourth-order valence-electron chi connectivity index (χ4n) is 1.49. The van der Waals surface area contributed by atoms with Gasteiger partial charge in [-0.15, -0.1) is 0 Å². The lowest BCUT2D eigenvalue weighted by Gasteiger charge is -2.07. The molecule has 5 heteroatoms. The number of benzene rings is 1. The van der Waals surface area contributed by atoms with E-state index < -0.39 is 5.91 Å². The van der Waals surface area contributed by atoms with Gasteiger partial charge in [0.1, 0.15) is 5.69 Å². The first-order valence-electron chi connectivity index (χ1n) is 5.33. The minimum Gasteiger partial charge on any atom is -0.319 e. The Balaban J connectivity index is 2.24. The van der Waals surface area contributed by atoms with Crippen LogP contribution in [0.25, 0.3) is 0 Å². The summed E-state index contributed by atoms with van der Waals surface area (Å²) in [5.41, 5.74) is 1.39. The topological polar surface area (TPSA) is 62.0 Å². The summed E-state index contributed by atoms with van der Waals surface area (Å²) >= 11 is 6.01. The maximum absolute atomic E-state index is 11.9. The van der Waals surface area contributed by atoms with Crippen molar-refractivity contribution in [3.8, 4) is 0 Å². The average molecular weight is 263 g/mol. The minimum absolute atomic E-state index is 0.194. The van der Waals surface area contributed by atoms with E-state index >= 15 is 0 Å². The molecule has 0 aliphatic carbocycles. The third kappa shape index (κ3) is 2.78. The summed E-state index contributed by atoms with van der Waals surface area (Å²) in [5.74, 6) is -0.404. The lowest BCUT2D eigenvalue weighted by molar-refractivity contribution is 0.102. The first-order chi connectivity index (χ1) is 8.56. The van der Waals surface area contributed by atoms with Crippen LogP contribution in [-0.2, 0) is 0 Å². The number of hydrogen-bond donors (Lipinski definition) is 2. The monoisotopic (exact) mass is 262 g/mol. The van der Waals surface area contributed by atoms with E-state index in [0.717, 1.165) is 5.56 Å². The standard InChI is InChI=1S/C13H11ClN2O2/c1-8-5-6-10(9(14)7-8)16-13(18)11-3-2-4-12(17)15-11/h2-7H,1H3,(H,15,17)(H,16,18). The van der Waals surface area contributed by atoms with Gasteiger partial charge in [0.05, 0.1) is 10.7 Å². The van der Waals surface area contributed by atoms with E-state index in [1.807, 2.05) is 13.0 Å². The van der Waals surface area contributed by atoms with Crippen LogP contribution in [0, 0.1) is 6.92 Å². The fourth-order valence-corrected chi connectivity index (χ4v) is 1.77. The van der Waals surface area contributed by atoms with Crippen LogP contribution in [0.1, 0.15) is 16.1 Å². The van der Waals surface area contributed by atoms with Gasteiger partial charge >= 0.3 is 0 Å². The smallest absolute Gasteiger partial charge is 0.272 e. The number of rotatable bonds is 2. The largest absolute Gasteiger partial charge is 0.319 e. The van der Waals surface area contributed by atoms with E-state index in [1.165, 1.54) is 18.2 Å². The van der Waals surface area contributed by atoms with Crippen LogP contribution in [0.4, 0.5) is 5.69 Å². The molecule has 0 aliphatic rings. The van der Waals surface area contributed by atoms with Gasteiger partial charge in [-0.2, -0.15) is 0 Å². The maximum Gasteiger partial charge on any atom is 0.272 e. The molecule has 2 rings (SSSR count). The highest BCUT2D eigenvalue weighted by Crippen LogP contribution is 2.22. The zero-order valence-electron chi connectivity index (χ0n) is 9.66. The van der Waals surface area contributed by atoms with E-state index in [-0.39, 0.29) is 11.3 Å². The fraction of sp³-hybridized carbons (Fsp3) is 0.0769. The number of pyridine rings is 1. The van der Waals surface area contributed by atoms with E-state index in [0.29, 0.717) is 10.7 Å². The number of amides is 1. The van der Waals surface area contributed by atoms with Crippen LogP contribution in [-0.4, -0.2) is 10.9 Å². The quantitative estimate of drug-likeness (QED) is 0.874. The molecule has 0 spiro atoms. The van der Waals surface area contributed by atoms with Gasteiger partial charge in [-0.1, -0.05) is 23.7 Å². The lowest BCUT2D eigenvalue weighted by atomic mass is 10.2. The van der Waals surface area contributed by atoms with Gasteiger partial charge < -0.3 is 10.3 Å². The lowest BCUT2D eigenvalue weighted by Crippen LogP contribution is -2.18. The number of carbonyl (C=O) groups is 1. The van der Waals surface area contributed by atoms with E-state index in [1.54, 1.807) is 12.1 Å². The molecule has 0 saturated heterocycles. The summed E-state index contributed by atoms with van der Waals surface area (Å²) in [4.78, 5) is 25.4. The van der Waals surface area contributed by atoms with Gasteiger partial charge in [-0.25, -0.2) is 0 Å². The molecule has 0 saturated carbocycles.